The molecule has 1 rings (SSSR count). The minimum atomic E-state index is -0.250. The number of ether oxygens (including phenoxy) is 2. The fourth-order valence-electron chi connectivity index (χ4n) is 0.780. The molecule has 0 amide bonds. The quantitative estimate of drug-likeness (QED) is 0.445. The number of carbonyl (C=O) groups excluding carboxylic acids is 1. The molecule has 0 aromatic carbocycles. The molecule has 0 saturated carbocycles. The molecule has 0 atom stereocenters. The van der Waals surface area contributed by atoms with Gasteiger partial charge in [-0.25, -0.2) is 0 Å². The van der Waals surface area contributed by atoms with Crippen LogP contribution in [0.1, 0.15) is 6.92 Å². The van der Waals surface area contributed by atoms with Crippen LogP contribution in [0.2, 0.25) is 0 Å². The second kappa shape index (κ2) is 4.31. The lowest BCUT2D eigenvalue weighted by Crippen LogP contribution is -2.48. The van der Waals surface area contributed by atoms with Crippen molar-refractivity contribution in [1.29, 1.82) is 0 Å². The smallest absolute Gasteiger partial charge is 0.302 e. The summed E-state index contributed by atoms with van der Waals surface area (Å²) in [6.07, 6.45) is 0.325. The molecule has 1 N–H and O–H groups in total. The monoisotopic (exact) mass is 159 g/mol. The standard InChI is InChI=1S/C7H13NO3/c1-6(9)10-2-3-11-7-4-8-5-7/h7-8H,2-5H2,1H3. The van der Waals surface area contributed by atoms with E-state index in [9.17, 15) is 4.79 Å². The van der Waals surface area contributed by atoms with Crippen molar-refractivity contribution in [3.05, 3.63) is 0 Å². The molecule has 4 nitrogen and oxygen atoms in total. The first kappa shape index (κ1) is 8.49. The molecular weight excluding hydrogens is 146 g/mol. The highest BCUT2D eigenvalue weighted by molar-refractivity contribution is 5.65. The van der Waals surface area contributed by atoms with Crippen LogP contribution in [0.15, 0.2) is 0 Å². The van der Waals surface area contributed by atoms with Crippen molar-refractivity contribution in [2.24, 2.45) is 0 Å². The highest BCUT2D eigenvalue weighted by atomic mass is 16.6. The molecular formula is C7H13NO3. The summed E-state index contributed by atoms with van der Waals surface area (Å²) in [5.74, 6) is -0.250. The first-order valence-electron chi connectivity index (χ1n) is 3.74. The van der Waals surface area contributed by atoms with Crippen LogP contribution in [0, 0.1) is 0 Å². The topological polar surface area (TPSA) is 47.6 Å². The predicted molar refractivity (Wildman–Crippen MR) is 39.2 cm³/mol. The number of carbonyl (C=O) groups is 1. The highest BCUT2D eigenvalue weighted by Crippen LogP contribution is 1.96. The molecule has 1 aliphatic heterocycles. The minimum Gasteiger partial charge on any atom is -0.463 e. The minimum absolute atomic E-state index is 0.250. The first-order valence-corrected chi connectivity index (χ1v) is 3.74. The van der Waals surface area contributed by atoms with Crippen LogP contribution in [-0.4, -0.2) is 38.4 Å². The Morgan fingerprint density at radius 1 is 1.55 bits per heavy atom. The number of nitrogens with one attached hydrogen (secondary N) is 1. The maximum atomic E-state index is 10.3. The van der Waals surface area contributed by atoms with Gasteiger partial charge in [0.1, 0.15) is 6.61 Å². The molecule has 0 radical (unpaired) electrons. The Hall–Kier alpha value is -0.610. The maximum absolute atomic E-state index is 10.3. The summed E-state index contributed by atoms with van der Waals surface area (Å²) >= 11 is 0. The Bertz CT molecular complexity index is 134. The first-order chi connectivity index (χ1) is 5.29. The molecule has 1 fully saturated rings. The largest absolute Gasteiger partial charge is 0.463 e. The van der Waals surface area contributed by atoms with Gasteiger partial charge in [-0.1, -0.05) is 0 Å². The van der Waals surface area contributed by atoms with Crippen LogP contribution in [0.3, 0.4) is 0 Å². The predicted octanol–water partition coefficient (Wildman–Crippen LogP) is -0.462. The average Bonchev–Trinajstić information content (AvgIpc) is 1.82. The van der Waals surface area contributed by atoms with Gasteiger partial charge in [-0.3, -0.25) is 4.79 Å². The van der Waals surface area contributed by atoms with E-state index in [1.165, 1.54) is 6.92 Å². The molecule has 0 spiro atoms. The van der Waals surface area contributed by atoms with Gasteiger partial charge in [0.05, 0.1) is 12.7 Å². The summed E-state index contributed by atoms with van der Waals surface area (Å²) < 4.78 is 9.97. The SMILES string of the molecule is CC(=O)OCCOC1CNC1. The molecule has 11 heavy (non-hydrogen) atoms. The summed E-state index contributed by atoms with van der Waals surface area (Å²) in [5, 5.41) is 3.08. The van der Waals surface area contributed by atoms with E-state index in [1.807, 2.05) is 0 Å². The van der Waals surface area contributed by atoms with Crippen LogP contribution in [0.5, 0.6) is 0 Å². The van der Waals surface area contributed by atoms with Gasteiger partial charge < -0.3 is 14.8 Å². The lowest BCUT2D eigenvalue weighted by atomic mass is 10.2. The van der Waals surface area contributed by atoms with E-state index in [1.54, 1.807) is 0 Å². The molecule has 1 saturated heterocycles. The van der Waals surface area contributed by atoms with Crippen LogP contribution in [0.25, 0.3) is 0 Å². The third-order valence-electron chi connectivity index (χ3n) is 1.49. The van der Waals surface area contributed by atoms with Crippen molar-refractivity contribution in [3.63, 3.8) is 0 Å². The number of hydrogen-bond donors (Lipinski definition) is 1. The molecule has 1 heterocycles. The molecule has 4 heteroatoms. The fraction of sp³-hybridized carbons (Fsp3) is 0.857. The lowest BCUT2D eigenvalue weighted by molar-refractivity contribution is -0.143. The fourth-order valence-corrected chi connectivity index (χ4v) is 0.780. The van der Waals surface area contributed by atoms with Crippen LogP contribution in [-0.2, 0) is 14.3 Å². The Morgan fingerprint density at radius 2 is 2.27 bits per heavy atom. The Balaban J connectivity index is 1.83. The van der Waals surface area contributed by atoms with Crippen molar-refractivity contribution in [2.75, 3.05) is 26.3 Å². The van der Waals surface area contributed by atoms with E-state index in [4.69, 9.17) is 4.74 Å². The summed E-state index contributed by atoms with van der Waals surface area (Å²) in [5.41, 5.74) is 0. The molecule has 0 aromatic rings. The molecule has 0 unspecified atom stereocenters. The number of rotatable bonds is 4. The molecule has 64 valence electrons. The van der Waals surface area contributed by atoms with Crippen LogP contribution in [0.4, 0.5) is 0 Å². The zero-order valence-corrected chi connectivity index (χ0v) is 6.63. The summed E-state index contributed by atoms with van der Waals surface area (Å²) in [6.45, 7) is 4.10. The van der Waals surface area contributed by atoms with Gasteiger partial charge in [-0.2, -0.15) is 0 Å². The van der Waals surface area contributed by atoms with E-state index >= 15 is 0 Å². The third kappa shape index (κ3) is 3.34. The second-order valence-electron chi connectivity index (χ2n) is 2.49. The Morgan fingerprint density at radius 3 is 2.73 bits per heavy atom. The van der Waals surface area contributed by atoms with Gasteiger partial charge in [0.25, 0.3) is 0 Å². The van der Waals surface area contributed by atoms with E-state index in [2.05, 4.69) is 10.1 Å². The maximum Gasteiger partial charge on any atom is 0.302 e. The van der Waals surface area contributed by atoms with Gasteiger partial charge in [-0.15, -0.1) is 0 Å². The van der Waals surface area contributed by atoms with E-state index in [0.717, 1.165) is 13.1 Å². The van der Waals surface area contributed by atoms with Crippen LogP contribution < -0.4 is 5.32 Å². The van der Waals surface area contributed by atoms with E-state index < -0.39 is 0 Å². The van der Waals surface area contributed by atoms with Crippen LogP contribution >= 0.6 is 0 Å². The zero-order chi connectivity index (χ0) is 8.10. The van der Waals surface area contributed by atoms with E-state index in [0.29, 0.717) is 19.3 Å². The molecule has 0 aliphatic carbocycles. The van der Waals surface area contributed by atoms with Gasteiger partial charge >= 0.3 is 5.97 Å². The Labute approximate surface area is 65.9 Å². The van der Waals surface area contributed by atoms with Gasteiger partial charge in [-0.05, 0) is 0 Å². The summed E-state index contributed by atoms with van der Waals surface area (Å²) in [4.78, 5) is 10.3. The highest BCUT2D eigenvalue weighted by Gasteiger charge is 2.16. The van der Waals surface area contributed by atoms with E-state index in [-0.39, 0.29) is 5.97 Å². The van der Waals surface area contributed by atoms with Gasteiger partial charge in [0.2, 0.25) is 0 Å². The zero-order valence-electron chi connectivity index (χ0n) is 6.63. The normalized spacial score (nSPS) is 17.5. The number of esters is 1. The van der Waals surface area contributed by atoms with Gasteiger partial charge in [0.15, 0.2) is 0 Å². The summed E-state index contributed by atoms with van der Waals surface area (Å²) in [7, 11) is 0. The second-order valence-corrected chi connectivity index (χ2v) is 2.49. The van der Waals surface area contributed by atoms with Crippen molar-refractivity contribution in [1.82, 2.24) is 5.32 Å². The van der Waals surface area contributed by atoms with Gasteiger partial charge in [0, 0.05) is 20.0 Å². The average molecular weight is 159 g/mol. The Kier molecular flexibility index (Phi) is 3.32. The lowest BCUT2D eigenvalue weighted by Gasteiger charge is -2.26. The van der Waals surface area contributed by atoms with Crippen molar-refractivity contribution in [3.8, 4) is 0 Å². The number of hydrogen-bond acceptors (Lipinski definition) is 4. The molecule has 0 bridgehead atoms. The van der Waals surface area contributed by atoms with Crippen molar-refractivity contribution in [2.45, 2.75) is 13.0 Å². The third-order valence-corrected chi connectivity index (χ3v) is 1.49. The molecule has 1 aliphatic rings. The molecule has 0 aromatic heterocycles. The van der Waals surface area contributed by atoms with Crippen molar-refractivity contribution >= 4 is 5.97 Å². The summed E-state index contributed by atoms with van der Waals surface area (Å²) in [6, 6.07) is 0. The van der Waals surface area contributed by atoms with Crippen molar-refractivity contribution < 1.29 is 14.3 Å².